The molecule has 0 radical (unpaired) electrons. The summed E-state index contributed by atoms with van der Waals surface area (Å²) in [5, 5.41) is 11.9. The number of hydrogen-bond donors (Lipinski definition) is 2. The third-order valence-corrected chi connectivity index (χ3v) is 3.06. The maximum absolute atomic E-state index is 12.0. The van der Waals surface area contributed by atoms with Crippen LogP contribution in [0.2, 0.25) is 0 Å². The number of benzene rings is 1. The van der Waals surface area contributed by atoms with Crippen molar-refractivity contribution in [2.24, 2.45) is 0 Å². The van der Waals surface area contributed by atoms with Gasteiger partial charge >= 0.3 is 5.97 Å². The van der Waals surface area contributed by atoms with Crippen molar-refractivity contribution < 1.29 is 14.7 Å². The Labute approximate surface area is 105 Å². The van der Waals surface area contributed by atoms with E-state index in [1.807, 2.05) is 12.1 Å². The number of carbonyl (C=O) groups excluding carboxylic acids is 1. The van der Waals surface area contributed by atoms with Gasteiger partial charge in [-0.3, -0.25) is 9.59 Å². The van der Waals surface area contributed by atoms with Crippen LogP contribution in [0, 0.1) is 0 Å². The average Bonchev–Trinajstić information content (AvgIpc) is 2.36. The Kier molecular flexibility index (Phi) is 3.62. The van der Waals surface area contributed by atoms with Gasteiger partial charge in [-0.15, -0.1) is 0 Å². The molecule has 96 valence electrons. The highest BCUT2D eigenvalue weighted by Crippen LogP contribution is 2.16. The van der Waals surface area contributed by atoms with Crippen molar-refractivity contribution in [1.82, 2.24) is 10.2 Å². The van der Waals surface area contributed by atoms with Crippen LogP contribution in [0.15, 0.2) is 18.2 Å². The first-order valence-corrected chi connectivity index (χ1v) is 5.87. The number of carboxylic acid groups (broad SMARTS) is 1. The van der Waals surface area contributed by atoms with Gasteiger partial charge < -0.3 is 15.3 Å². The summed E-state index contributed by atoms with van der Waals surface area (Å²) in [4.78, 5) is 23.8. The second-order valence-electron chi connectivity index (χ2n) is 4.47. The maximum Gasteiger partial charge on any atom is 0.323 e. The first-order valence-electron chi connectivity index (χ1n) is 5.87. The molecule has 5 nitrogen and oxygen atoms in total. The van der Waals surface area contributed by atoms with Crippen molar-refractivity contribution in [2.75, 3.05) is 20.1 Å². The quantitative estimate of drug-likeness (QED) is 0.816. The van der Waals surface area contributed by atoms with E-state index in [4.69, 9.17) is 5.11 Å². The molecule has 1 aliphatic rings. The Balaban J connectivity index is 2.18. The molecule has 2 N–H and O–H groups in total. The summed E-state index contributed by atoms with van der Waals surface area (Å²) in [7, 11) is 1.50. The summed E-state index contributed by atoms with van der Waals surface area (Å²) < 4.78 is 0. The van der Waals surface area contributed by atoms with Crippen LogP contribution in [0.4, 0.5) is 0 Å². The minimum absolute atomic E-state index is 0.251. The zero-order valence-corrected chi connectivity index (χ0v) is 10.3. The predicted molar refractivity (Wildman–Crippen MR) is 66.4 cm³/mol. The standard InChI is InChI=1S/C13H16N2O3/c1-15(8-12(16)17)13(18)10-2-3-11-7-14-5-4-9(11)6-10/h2-3,6,14H,4-5,7-8H2,1H3,(H,16,17). The van der Waals surface area contributed by atoms with Crippen molar-refractivity contribution in [1.29, 1.82) is 0 Å². The second kappa shape index (κ2) is 5.18. The molecule has 0 saturated heterocycles. The normalized spacial score (nSPS) is 13.8. The highest BCUT2D eigenvalue weighted by Gasteiger charge is 2.16. The van der Waals surface area contributed by atoms with Gasteiger partial charge in [0.2, 0.25) is 0 Å². The van der Waals surface area contributed by atoms with Crippen LogP contribution in [0.5, 0.6) is 0 Å². The molecule has 0 aliphatic carbocycles. The number of carboxylic acids is 1. The molecule has 18 heavy (non-hydrogen) atoms. The zero-order chi connectivity index (χ0) is 13.1. The Bertz CT molecular complexity index is 485. The molecule has 0 fully saturated rings. The van der Waals surface area contributed by atoms with Crippen LogP contribution in [-0.2, 0) is 17.8 Å². The lowest BCUT2D eigenvalue weighted by Crippen LogP contribution is -2.32. The molecule has 0 saturated carbocycles. The number of aliphatic carboxylic acids is 1. The monoisotopic (exact) mass is 248 g/mol. The largest absolute Gasteiger partial charge is 0.480 e. The van der Waals surface area contributed by atoms with E-state index in [9.17, 15) is 9.59 Å². The summed E-state index contributed by atoms with van der Waals surface area (Å²) in [6.07, 6.45) is 0.902. The SMILES string of the molecule is CN(CC(=O)O)C(=O)c1ccc2c(c1)CCNC2. The number of fused-ring (bicyclic) bond motifs is 1. The molecule has 0 unspecified atom stereocenters. The van der Waals surface area contributed by atoms with Crippen molar-refractivity contribution in [3.05, 3.63) is 34.9 Å². The number of nitrogens with one attached hydrogen (secondary N) is 1. The Morgan fingerprint density at radius 2 is 2.17 bits per heavy atom. The highest BCUT2D eigenvalue weighted by atomic mass is 16.4. The fourth-order valence-corrected chi connectivity index (χ4v) is 2.11. The van der Waals surface area contributed by atoms with E-state index in [-0.39, 0.29) is 12.5 Å². The molecule has 1 aromatic rings. The number of rotatable bonds is 3. The van der Waals surface area contributed by atoms with Crippen molar-refractivity contribution in [3.63, 3.8) is 0 Å². The highest BCUT2D eigenvalue weighted by molar-refractivity contribution is 5.95. The van der Waals surface area contributed by atoms with Crippen molar-refractivity contribution in [2.45, 2.75) is 13.0 Å². The fourth-order valence-electron chi connectivity index (χ4n) is 2.11. The van der Waals surface area contributed by atoms with Gasteiger partial charge in [-0.1, -0.05) is 6.07 Å². The molecule has 0 aromatic heterocycles. The average molecular weight is 248 g/mol. The van der Waals surface area contributed by atoms with E-state index >= 15 is 0 Å². The summed E-state index contributed by atoms with van der Waals surface area (Å²) in [6.45, 7) is 1.46. The molecule has 0 bridgehead atoms. The van der Waals surface area contributed by atoms with Gasteiger partial charge in [0.05, 0.1) is 0 Å². The summed E-state index contributed by atoms with van der Waals surface area (Å²) in [5.41, 5.74) is 2.93. The third kappa shape index (κ3) is 2.68. The topological polar surface area (TPSA) is 69.6 Å². The number of likely N-dealkylation sites (N-methyl/N-ethyl adjacent to an activating group) is 1. The minimum Gasteiger partial charge on any atom is -0.480 e. The zero-order valence-electron chi connectivity index (χ0n) is 10.3. The van der Waals surface area contributed by atoms with Crippen molar-refractivity contribution >= 4 is 11.9 Å². The smallest absolute Gasteiger partial charge is 0.323 e. The van der Waals surface area contributed by atoms with Gasteiger partial charge in [-0.05, 0) is 36.2 Å². The minimum atomic E-state index is -1.01. The third-order valence-electron chi connectivity index (χ3n) is 3.06. The molecule has 1 aliphatic heterocycles. The lowest BCUT2D eigenvalue weighted by molar-refractivity contribution is -0.137. The van der Waals surface area contributed by atoms with Gasteiger partial charge in [-0.2, -0.15) is 0 Å². The molecule has 1 heterocycles. The molecular weight excluding hydrogens is 232 g/mol. The lowest BCUT2D eigenvalue weighted by atomic mass is 9.98. The number of amides is 1. The Hall–Kier alpha value is -1.88. The van der Waals surface area contributed by atoms with E-state index in [1.54, 1.807) is 6.07 Å². The summed E-state index contributed by atoms with van der Waals surface area (Å²) in [6, 6.07) is 5.56. The molecule has 0 atom stereocenters. The van der Waals surface area contributed by atoms with Crippen LogP contribution < -0.4 is 5.32 Å². The number of carbonyl (C=O) groups is 2. The molecule has 2 rings (SSSR count). The molecule has 5 heteroatoms. The van der Waals surface area contributed by atoms with Gasteiger partial charge in [0, 0.05) is 19.2 Å². The Morgan fingerprint density at radius 1 is 1.39 bits per heavy atom. The molecule has 1 aromatic carbocycles. The van der Waals surface area contributed by atoms with Crippen LogP contribution in [-0.4, -0.2) is 42.0 Å². The van der Waals surface area contributed by atoms with E-state index in [1.165, 1.54) is 23.1 Å². The fraction of sp³-hybridized carbons (Fsp3) is 0.385. The lowest BCUT2D eigenvalue weighted by Gasteiger charge is -2.19. The van der Waals surface area contributed by atoms with E-state index < -0.39 is 5.97 Å². The van der Waals surface area contributed by atoms with E-state index in [0.717, 1.165) is 19.5 Å². The van der Waals surface area contributed by atoms with E-state index in [0.29, 0.717) is 5.56 Å². The van der Waals surface area contributed by atoms with E-state index in [2.05, 4.69) is 5.32 Å². The molecule has 0 spiro atoms. The van der Waals surface area contributed by atoms with Crippen LogP contribution >= 0.6 is 0 Å². The summed E-state index contributed by atoms with van der Waals surface area (Å²) in [5.74, 6) is -1.26. The summed E-state index contributed by atoms with van der Waals surface area (Å²) >= 11 is 0. The Morgan fingerprint density at radius 3 is 2.89 bits per heavy atom. The predicted octanol–water partition coefficient (Wildman–Crippen LogP) is 0.489. The number of hydrogen-bond acceptors (Lipinski definition) is 3. The second-order valence-corrected chi connectivity index (χ2v) is 4.47. The van der Waals surface area contributed by atoms with Gasteiger partial charge in [-0.25, -0.2) is 0 Å². The first-order chi connectivity index (χ1) is 8.58. The molecular formula is C13H16N2O3. The maximum atomic E-state index is 12.0. The molecule has 1 amide bonds. The van der Waals surface area contributed by atoms with Crippen LogP contribution in [0.1, 0.15) is 21.5 Å². The first kappa shape index (κ1) is 12.6. The van der Waals surface area contributed by atoms with Crippen LogP contribution in [0.25, 0.3) is 0 Å². The van der Waals surface area contributed by atoms with Crippen molar-refractivity contribution in [3.8, 4) is 0 Å². The van der Waals surface area contributed by atoms with Gasteiger partial charge in [0.1, 0.15) is 6.54 Å². The van der Waals surface area contributed by atoms with Crippen LogP contribution in [0.3, 0.4) is 0 Å². The van der Waals surface area contributed by atoms with Gasteiger partial charge in [0.25, 0.3) is 5.91 Å². The van der Waals surface area contributed by atoms with Gasteiger partial charge in [0.15, 0.2) is 0 Å². The number of nitrogens with zero attached hydrogens (tertiary/aromatic N) is 1.